The molecule has 0 amide bonds. The van der Waals surface area contributed by atoms with Crippen LogP contribution in [-0.2, 0) is 0 Å². The van der Waals surface area contributed by atoms with Gasteiger partial charge in [-0.25, -0.2) is 0 Å². The summed E-state index contributed by atoms with van der Waals surface area (Å²) in [6.07, 6.45) is 2.28. The van der Waals surface area contributed by atoms with Crippen molar-refractivity contribution < 1.29 is 0 Å². The lowest BCUT2D eigenvalue weighted by atomic mass is 9.46. The molecule has 1 aromatic heterocycles. The Labute approximate surface area is 175 Å². The molecule has 29 heavy (non-hydrogen) atoms. The topological polar surface area (TPSA) is 4.93 Å². The fraction of sp³-hybridized carbons (Fsp3) is 0.259. The first kappa shape index (κ1) is 19.6. The SMILES string of the molecule is Cc1cc(C)c(B(c2c(C)cc(C)cc2C)n2ccc3cccc(C)c32)c(C)c1. The number of benzene rings is 3. The summed E-state index contributed by atoms with van der Waals surface area (Å²) in [4.78, 5) is 0. The van der Waals surface area contributed by atoms with Gasteiger partial charge in [0.25, 0.3) is 0 Å². The van der Waals surface area contributed by atoms with Crippen LogP contribution in [0.1, 0.15) is 38.9 Å². The standard InChI is InChI=1S/C27H30BN/c1-17-13-20(4)25(21(5)14-17)28(26-22(6)15-18(2)16-23(26)7)29-12-11-24-10-8-9-19(3)27(24)29/h8-16H,1-7H3. The Morgan fingerprint density at radius 1 is 0.586 bits per heavy atom. The van der Waals surface area contributed by atoms with Gasteiger partial charge in [0, 0.05) is 5.52 Å². The molecule has 4 aromatic rings. The van der Waals surface area contributed by atoms with E-state index in [1.807, 2.05) is 0 Å². The number of nitrogens with zero attached hydrogens (tertiary/aromatic N) is 1. The van der Waals surface area contributed by atoms with Crippen molar-refractivity contribution in [1.82, 2.24) is 4.48 Å². The predicted octanol–water partition coefficient (Wildman–Crippen LogP) is 5.45. The first-order valence-electron chi connectivity index (χ1n) is 10.5. The Morgan fingerprint density at radius 3 is 1.55 bits per heavy atom. The summed E-state index contributed by atoms with van der Waals surface area (Å²) in [5.41, 5.74) is 13.6. The lowest BCUT2D eigenvalue weighted by Gasteiger charge is -2.26. The van der Waals surface area contributed by atoms with E-state index < -0.39 is 0 Å². The number of fused-ring (bicyclic) bond motifs is 1. The van der Waals surface area contributed by atoms with Crippen LogP contribution in [0.2, 0.25) is 0 Å². The highest BCUT2D eigenvalue weighted by Gasteiger charge is 2.30. The maximum atomic E-state index is 2.50. The summed E-state index contributed by atoms with van der Waals surface area (Å²) >= 11 is 0. The number of rotatable bonds is 3. The lowest BCUT2D eigenvalue weighted by molar-refractivity contribution is 1.23. The van der Waals surface area contributed by atoms with Gasteiger partial charge in [-0.1, -0.05) is 75.8 Å². The zero-order valence-electron chi connectivity index (χ0n) is 18.7. The van der Waals surface area contributed by atoms with Crippen LogP contribution in [0.3, 0.4) is 0 Å². The van der Waals surface area contributed by atoms with E-state index in [0.717, 1.165) is 0 Å². The molecular formula is C27H30BN. The van der Waals surface area contributed by atoms with Crippen LogP contribution in [0.5, 0.6) is 0 Å². The Kier molecular flexibility index (Phi) is 4.90. The third-order valence-electron chi connectivity index (χ3n) is 6.24. The number of aromatic nitrogens is 1. The van der Waals surface area contributed by atoms with Crippen molar-refractivity contribution in [1.29, 1.82) is 0 Å². The van der Waals surface area contributed by atoms with Gasteiger partial charge in [0.15, 0.2) is 0 Å². The highest BCUT2D eigenvalue weighted by atomic mass is 14.9. The summed E-state index contributed by atoms with van der Waals surface area (Å²) in [6.45, 7) is 15.8. The van der Waals surface area contributed by atoms with E-state index in [9.17, 15) is 0 Å². The average molecular weight is 379 g/mol. The van der Waals surface area contributed by atoms with Crippen LogP contribution >= 0.6 is 0 Å². The highest BCUT2D eigenvalue weighted by Crippen LogP contribution is 2.22. The molecule has 2 heteroatoms. The third kappa shape index (κ3) is 3.31. The molecule has 0 bridgehead atoms. The third-order valence-corrected chi connectivity index (χ3v) is 6.24. The summed E-state index contributed by atoms with van der Waals surface area (Å²) in [5, 5.41) is 1.31. The maximum Gasteiger partial charge on any atom is 0.328 e. The van der Waals surface area contributed by atoms with Crippen molar-refractivity contribution in [3.63, 3.8) is 0 Å². The van der Waals surface area contributed by atoms with Crippen LogP contribution in [-0.4, -0.2) is 11.3 Å². The molecule has 4 rings (SSSR count). The summed E-state index contributed by atoms with van der Waals surface area (Å²) in [7, 11) is 0. The van der Waals surface area contributed by atoms with Crippen LogP contribution in [0, 0.1) is 48.5 Å². The fourth-order valence-electron chi connectivity index (χ4n) is 5.29. The highest BCUT2D eigenvalue weighted by molar-refractivity contribution is 6.85. The minimum atomic E-state index is 0.162. The monoisotopic (exact) mass is 379 g/mol. The van der Waals surface area contributed by atoms with Crippen LogP contribution in [0.4, 0.5) is 0 Å². The van der Waals surface area contributed by atoms with E-state index >= 15 is 0 Å². The van der Waals surface area contributed by atoms with E-state index in [4.69, 9.17) is 0 Å². The first-order chi connectivity index (χ1) is 13.8. The molecule has 0 saturated carbocycles. The summed E-state index contributed by atoms with van der Waals surface area (Å²) in [6, 6.07) is 18.2. The van der Waals surface area contributed by atoms with Gasteiger partial charge >= 0.3 is 6.85 Å². The molecule has 0 spiro atoms. The molecule has 0 aliphatic heterocycles. The second kappa shape index (κ2) is 7.26. The molecule has 3 aromatic carbocycles. The number of aryl methyl sites for hydroxylation is 7. The minimum Gasteiger partial charge on any atom is -0.382 e. The van der Waals surface area contributed by atoms with Gasteiger partial charge in [-0.15, -0.1) is 0 Å². The largest absolute Gasteiger partial charge is 0.382 e. The van der Waals surface area contributed by atoms with Crippen molar-refractivity contribution >= 4 is 28.7 Å². The van der Waals surface area contributed by atoms with E-state index in [-0.39, 0.29) is 6.85 Å². The quantitative estimate of drug-likeness (QED) is 0.417. The Hall–Kier alpha value is -2.74. The van der Waals surface area contributed by atoms with Gasteiger partial charge in [-0.3, -0.25) is 0 Å². The molecule has 1 nitrogen and oxygen atoms in total. The van der Waals surface area contributed by atoms with Crippen molar-refractivity contribution in [2.45, 2.75) is 48.5 Å². The normalized spacial score (nSPS) is 11.3. The molecule has 0 fully saturated rings. The molecular weight excluding hydrogens is 349 g/mol. The first-order valence-corrected chi connectivity index (χ1v) is 10.5. The van der Waals surface area contributed by atoms with Crippen LogP contribution in [0.15, 0.2) is 54.7 Å². The van der Waals surface area contributed by atoms with Crippen molar-refractivity contribution in [3.05, 3.63) is 93.7 Å². The lowest BCUT2D eigenvalue weighted by Crippen LogP contribution is -2.52. The maximum absolute atomic E-state index is 2.50. The van der Waals surface area contributed by atoms with E-state index in [1.165, 1.54) is 60.8 Å². The second-order valence-electron chi connectivity index (χ2n) is 8.76. The zero-order chi connectivity index (χ0) is 20.9. The van der Waals surface area contributed by atoms with Crippen LogP contribution < -0.4 is 10.9 Å². The summed E-state index contributed by atoms with van der Waals surface area (Å²) in [5.74, 6) is 0. The molecule has 0 atom stereocenters. The van der Waals surface area contributed by atoms with Gasteiger partial charge in [0.1, 0.15) is 0 Å². The zero-order valence-corrected chi connectivity index (χ0v) is 18.7. The second-order valence-corrected chi connectivity index (χ2v) is 8.76. The summed E-state index contributed by atoms with van der Waals surface area (Å²) < 4.78 is 2.50. The number of hydrogen-bond donors (Lipinski definition) is 0. The van der Waals surface area contributed by atoms with Crippen molar-refractivity contribution in [2.24, 2.45) is 0 Å². The van der Waals surface area contributed by atoms with E-state index in [2.05, 4.69) is 108 Å². The Morgan fingerprint density at radius 2 is 1.07 bits per heavy atom. The van der Waals surface area contributed by atoms with E-state index in [0.29, 0.717) is 0 Å². The van der Waals surface area contributed by atoms with Gasteiger partial charge in [0.2, 0.25) is 0 Å². The van der Waals surface area contributed by atoms with Gasteiger partial charge in [-0.05, 0) is 82.6 Å². The average Bonchev–Trinajstić information content (AvgIpc) is 3.04. The van der Waals surface area contributed by atoms with Crippen molar-refractivity contribution in [2.75, 3.05) is 0 Å². The minimum absolute atomic E-state index is 0.162. The molecule has 0 aliphatic rings. The smallest absolute Gasteiger partial charge is 0.328 e. The van der Waals surface area contributed by atoms with Crippen LogP contribution in [0.25, 0.3) is 10.9 Å². The predicted molar refractivity (Wildman–Crippen MR) is 128 cm³/mol. The van der Waals surface area contributed by atoms with Gasteiger partial charge < -0.3 is 4.48 Å². The molecule has 0 saturated heterocycles. The molecule has 0 aliphatic carbocycles. The molecule has 146 valence electrons. The molecule has 0 N–H and O–H groups in total. The number of hydrogen-bond acceptors (Lipinski definition) is 0. The fourth-order valence-corrected chi connectivity index (χ4v) is 5.29. The molecule has 1 heterocycles. The van der Waals surface area contributed by atoms with Gasteiger partial charge in [0.05, 0.1) is 0 Å². The van der Waals surface area contributed by atoms with Gasteiger partial charge in [-0.2, -0.15) is 0 Å². The molecule has 0 unspecified atom stereocenters. The Bertz CT molecular complexity index is 1130. The Balaban J connectivity index is 2.12. The van der Waals surface area contributed by atoms with Crippen molar-refractivity contribution in [3.8, 4) is 0 Å². The number of para-hydroxylation sites is 1. The molecule has 0 radical (unpaired) electrons. The van der Waals surface area contributed by atoms with E-state index in [1.54, 1.807) is 0 Å².